The fourth-order valence-electron chi connectivity index (χ4n) is 0.710. The molecule has 2 nitrogen and oxygen atoms in total. The first kappa shape index (κ1) is 7.02. The number of benzene rings is 1. The Balaban J connectivity index is 3.07. The van der Waals surface area contributed by atoms with Gasteiger partial charge in [0.25, 0.3) is 0 Å². The molecule has 3 heteroatoms. The van der Waals surface area contributed by atoms with Gasteiger partial charge in [0, 0.05) is 12.1 Å². The summed E-state index contributed by atoms with van der Waals surface area (Å²) in [7, 11) is 1.43. The topological polar surface area (TPSA) is 36.9 Å². The van der Waals surface area contributed by atoms with E-state index in [0.717, 1.165) is 0 Å². The maximum Gasteiger partial charge on any atom is 0.170 e. The first-order valence-corrected chi connectivity index (χ1v) is 2.89. The van der Waals surface area contributed by atoms with Crippen molar-refractivity contribution < 1.29 is 14.9 Å². The Morgan fingerprint density at radius 2 is 2.20 bits per heavy atom. The van der Waals surface area contributed by atoms with Crippen LogP contribution in [0.4, 0.5) is 10.1 Å². The first-order valence-electron chi connectivity index (χ1n) is 2.89. The molecule has 0 bridgehead atoms. The van der Waals surface area contributed by atoms with E-state index in [9.17, 15) is 4.39 Å². The molecule has 0 aliphatic carbocycles. The Hall–Kier alpha value is -1.09. The molecule has 0 spiro atoms. The van der Waals surface area contributed by atoms with Crippen LogP contribution in [-0.2, 0) is 0 Å². The number of halogens is 1. The van der Waals surface area contributed by atoms with E-state index in [-0.39, 0.29) is 11.6 Å². The standard InChI is InChI=1S/C7H8FNO/c1-10-7-3-2-5(9)4-6(7)8/h2-4H,9H2,1H3/p+1. The first-order chi connectivity index (χ1) is 4.74. The minimum Gasteiger partial charge on any atom is -0.494 e. The monoisotopic (exact) mass is 142 g/mol. The van der Waals surface area contributed by atoms with Gasteiger partial charge in [0.05, 0.1) is 7.11 Å². The highest BCUT2D eigenvalue weighted by atomic mass is 19.1. The Morgan fingerprint density at radius 1 is 1.50 bits per heavy atom. The predicted molar refractivity (Wildman–Crippen MR) is 35.5 cm³/mol. The largest absolute Gasteiger partial charge is 0.494 e. The molecule has 0 amide bonds. The maximum absolute atomic E-state index is 12.7. The number of hydrogen-bond acceptors (Lipinski definition) is 1. The molecule has 0 saturated carbocycles. The minimum atomic E-state index is -0.366. The van der Waals surface area contributed by atoms with Crippen LogP contribution in [0.1, 0.15) is 0 Å². The van der Waals surface area contributed by atoms with Crippen molar-refractivity contribution in [3.63, 3.8) is 0 Å². The van der Waals surface area contributed by atoms with E-state index >= 15 is 0 Å². The zero-order valence-electron chi connectivity index (χ0n) is 5.73. The van der Waals surface area contributed by atoms with Crippen molar-refractivity contribution in [3.05, 3.63) is 24.0 Å². The molecule has 3 N–H and O–H groups in total. The van der Waals surface area contributed by atoms with E-state index < -0.39 is 0 Å². The summed E-state index contributed by atoms with van der Waals surface area (Å²) in [4.78, 5) is 0. The zero-order chi connectivity index (χ0) is 7.56. The van der Waals surface area contributed by atoms with E-state index in [0.29, 0.717) is 5.69 Å². The molecule has 0 atom stereocenters. The van der Waals surface area contributed by atoms with Crippen LogP contribution in [0.25, 0.3) is 0 Å². The molecular formula is C7H9FNO+. The summed E-state index contributed by atoms with van der Waals surface area (Å²) >= 11 is 0. The Labute approximate surface area is 58.4 Å². The van der Waals surface area contributed by atoms with Gasteiger partial charge in [-0.15, -0.1) is 0 Å². The van der Waals surface area contributed by atoms with E-state index in [4.69, 9.17) is 4.74 Å². The molecule has 1 aromatic rings. The van der Waals surface area contributed by atoms with Gasteiger partial charge in [-0.2, -0.15) is 0 Å². The van der Waals surface area contributed by atoms with Gasteiger partial charge in [-0.1, -0.05) is 0 Å². The number of methoxy groups -OCH3 is 1. The van der Waals surface area contributed by atoms with Crippen molar-refractivity contribution in [1.82, 2.24) is 0 Å². The maximum atomic E-state index is 12.7. The lowest BCUT2D eigenvalue weighted by atomic mass is 10.3. The molecule has 0 radical (unpaired) electrons. The quantitative estimate of drug-likeness (QED) is 0.616. The van der Waals surface area contributed by atoms with Crippen LogP contribution in [0.15, 0.2) is 18.2 Å². The lowest BCUT2D eigenvalue weighted by Crippen LogP contribution is -2.40. The summed E-state index contributed by atoms with van der Waals surface area (Å²) < 4.78 is 17.4. The molecule has 0 aliphatic heterocycles. The lowest BCUT2D eigenvalue weighted by Gasteiger charge is -1.98. The predicted octanol–water partition coefficient (Wildman–Crippen LogP) is 0.708. The number of rotatable bonds is 1. The molecule has 0 heterocycles. The molecule has 0 aromatic heterocycles. The third kappa shape index (κ3) is 1.25. The third-order valence-electron chi connectivity index (χ3n) is 1.22. The van der Waals surface area contributed by atoms with Gasteiger partial charge in [0.1, 0.15) is 5.69 Å². The normalized spacial score (nSPS) is 9.50. The second-order valence-electron chi connectivity index (χ2n) is 1.97. The molecule has 1 aromatic carbocycles. The highest BCUT2D eigenvalue weighted by molar-refractivity contribution is 5.36. The van der Waals surface area contributed by atoms with Gasteiger partial charge in [0.15, 0.2) is 11.6 Å². The summed E-state index contributed by atoms with van der Waals surface area (Å²) in [5.41, 5.74) is 4.21. The van der Waals surface area contributed by atoms with Crippen LogP contribution in [0.2, 0.25) is 0 Å². The second kappa shape index (κ2) is 2.66. The van der Waals surface area contributed by atoms with Gasteiger partial charge in [-0.05, 0) is 6.07 Å². The van der Waals surface area contributed by atoms with Crippen molar-refractivity contribution in [3.8, 4) is 5.75 Å². The molecule has 54 valence electrons. The van der Waals surface area contributed by atoms with Crippen molar-refractivity contribution in [2.75, 3.05) is 7.11 Å². The average molecular weight is 142 g/mol. The highest BCUT2D eigenvalue weighted by Gasteiger charge is 2.01. The summed E-state index contributed by atoms with van der Waals surface area (Å²) in [6.07, 6.45) is 0. The molecule has 0 fully saturated rings. The number of hydrogen-bond donors (Lipinski definition) is 1. The summed E-state index contributed by atoms with van der Waals surface area (Å²) in [6, 6.07) is 4.58. The van der Waals surface area contributed by atoms with Gasteiger partial charge < -0.3 is 10.5 Å². The van der Waals surface area contributed by atoms with E-state index in [1.54, 1.807) is 12.1 Å². The molecule has 10 heavy (non-hydrogen) atoms. The molecule has 0 unspecified atom stereocenters. The van der Waals surface area contributed by atoms with Crippen LogP contribution >= 0.6 is 0 Å². The van der Waals surface area contributed by atoms with E-state index in [2.05, 4.69) is 5.73 Å². The smallest absolute Gasteiger partial charge is 0.170 e. The van der Waals surface area contributed by atoms with Crippen molar-refractivity contribution in [2.24, 2.45) is 0 Å². The fraction of sp³-hybridized carbons (Fsp3) is 0.143. The molecular weight excluding hydrogens is 133 g/mol. The summed E-state index contributed by atoms with van der Waals surface area (Å²) in [5, 5.41) is 0. The second-order valence-corrected chi connectivity index (χ2v) is 1.97. The summed E-state index contributed by atoms with van der Waals surface area (Å²) in [6.45, 7) is 0. The Morgan fingerprint density at radius 3 is 2.70 bits per heavy atom. The van der Waals surface area contributed by atoms with Gasteiger partial charge in [-0.25, -0.2) is 4.39 Å². The van der Waals surface area contributed by atoms with Crippen molar-refractivity contribution in [1.29, 1.82) is 0 Å². The Bertz CT molecular complexity index is 237. The number of ether oxygens (including phenoxy) is 1. The van der Waals surface area contributed by atoms with Crippen LogP contribution in [-0.4, -0.2) is 7.11 Å². The van der Waals surface area contributed by atoms with Crippen LogP contribution in [0.5, 0.6) is 5.75 Å². The van der Waals surface area contributed by atoms with E-state index in [1.807, 2.05) is 0 Å². The molecule has 0 aliphatic rings. The SMILES string of the molecule is COc1ccc([NH3+])cc1F. The lowest BCUT2D eigenvalue weighted by molar-refractivity contribution is -0.255. The van der Waals surface area contributed by atoms with Crippen LogP contribution in [0.3, 0.4) is 0 Å². The minimum absolute atomic E-state index is 0.257. The fourth-order valence-corrected chi connectivity index (χ4v) is 0.710. The Kier molecular flexibility index (Phi) is 1.87. The summed E-state index contributed by atoms with van der Waals surface area (Å²) in [5.74, 6) is -0.109. The van der Waals surface area contributed by atoms with Crippen molar-refractivity contribution >= 4 is 5.69 Å². The van der Waals surface area contributed by atoms with E-state index in [1.165, 1.54) is 13.2 Å². The van der Waals surface area contributed by atoms with Crippen molar-refractivity contribution in [2.45, 2.75) is 0 Å². The van der Waals surface area contributed by atoms with Crippen LogP contribution < -0.4 is 10.5 Å². The molecule has 0 saturated heterocycles. The number of quaternary nitrogens is 1. The van der Waals surface area contributed by atoms with Gasteiger partial charge >= 0.3 is 0 Å². The average Bonchev–Trinajstić information content (AvgIpc) is 1.88. The van der Waals surface area contributed by atoms with Crippen LogP contribution in [0, 0.1) is 5.82 Å². The van der Waals surface area contributed by atoms with Gasteiger partial charge in [-0.3, -0.25) is 0 Å². The van der Waals surface area contributed by atoms with Gasteiger partial charge in [0.2, 0.25) is 0 Å². The molecule has 1 rings (SSSR count). The third-order valence-corrected chi connectivity index (χ3v) is 1.22. The zero-order valence-corrected chi connectivity index (χ0v) is 5.73. The highest BCUT2D eigenvalue weighted by Crippen LogP contribution is 2.17.